The molecular weight excluding hydrogens is 270 g/mol. The molecule has 0 saturated carbocycles. The summed E-state index contributed by atoms with van der Waals surface area (Å²) in [5.74, 6) is 1.01. The number of aryl methyl sites for hydroxylation is 1. The van der Waals surface area contributed by atoms with Crippen molar-refractivity contribution in [1.82, 2.24) is 5.32 Å². The lowest BCUT2D eigenvalue weighted by atomic mass is 9.98. The molecule has 0 saturated heterocycles. The fourth-order valence-electron chi connectivity index (χ4n) is 2.80. The highest BCUT2D eigenvalue weighted by molar-refractivity contribution is 6.30. The number of benzene rings is 2. The van der Waals surface area contributed by atoms with E-state index in [1.807, 2.05) is 25.2 Å². The van der Waals surface area contributed by atoms with Crippen molar-refractivity contribution in [3.63, 3.8) is 0 Å². The number of nitrogens with one attached hydrogen (secondary N) is 1. The molecule has 3 rings (SSSR count). The van der Waals surface area contributed by atoms with E-state index in [2.05, 4.69) is 30.4 Å². The number of fused-ring (bicyclic) bond motifs is 1. The largest absolute Gasteiger partial charge is 0.488 e. The zero-order valence-electron chi connectivity index (χ0n) is 11.7. The smallest absolute Gasteiger partial charge is 0.130 e. The van der Waals surface area contributed by atoms with Crippen molar-refractivity contribution in [3.8, 4) is 16.9 Å². The summed E-state index contributed by atoms with van der Waals surface area (Å²) in [5, 5.41) is 3.93. The summed E-state index contributed by atoms with van der Waals surface area (Å²) in [6.07, 6.45) is 1.18. The van der Waals surface area contributed by atoms with Crippen molar-refractivity contribution < 1.29 is 4.74 Å². The summed E-state index contributed by atoms with van der Waals surface area (Å²) < 4.78 is 6.12. The summed E-state index contributed by atoms with van der Waals surface area (Å²) in [6, 6.07) is 12.3. The monoisotopic (exact) mass is 287 g/mol. The molecule has 2 aromatic carbocycles. The molecule has 1 aliphatic heterocycles. The van der Waals surface area contributed by atoms with Crippen LogP contribution in [0.4, 0.5) is 0 Å². The van der Waals surface area contributed by atoms with Crippen LogP contribution in [0.15, 0.2) is 36.4 Å². The van der Waals surface area contributed by atoms with Crippen LogP contribution in [0.3, 0.4) is 0 Å². The van der Waals surface area contributed by atoms with E-state index < -0.39 is 0 Å². The Labute approximate surface area is 124 Å². The lowest BCUT2D eigenvalue weighted by molar-refractivity contribution is 0.232. The highest BCUT2D eigenvalue weighted by atomic mass is 35.5. The Morgan fingerprint density at radius 1 is 1.30 bits per heavy atom. The van der Waals surface area contributed by atoms with Gasteiger partial charge in [0.2, 0.25) is 0 Å². The lowest BCUT2D eigenvalue weighted by Gasteiger charge is -2.13. The maximum absolute atomic E-state index is 6.12. The quantitative estimate of drug-likeness (QED) is 0.926. The zero-order chi connectivity index (χ0) is 14.1. The maximum Gasteiger partial charge on any atom is 0.130 e. The van der Waals surface area contributed by atoms with Crippen LogP contribution in [0.1, 0.15) is 11.1 Å². The molecule has 0 radical (unpaired) electrons. The van der Waals surface area contributed by atoms with Crippen molar-refractivity contribution in [2.45, 2.75) is 19.4 Å². The maximum atomic E-state index is 6.12. The normalized spacial score (nSPS) is 16.9. The van der Waals surface area contributed by atoms with Gasteiger partial charge >= 0.3 is 0 Å². The molecule has 2 aromatic rings. The number of hydrogen-bond acceptors (Lipinski definition) is 2. The summed E-state index contributed by atoms with van der Waals surface area (Å²) in [4.78, 5) is 0. The SMILES string of the molecule is CNC[C@@H]1Cc2cc(C)cc(-c3cccc(Cl)c3)c2O1. The van der Waals surface area contributed by atoms with E-state index in [1.165, 1.54) is 11.1 Å². The molecule has 0 aliphatic carbocycles. The number of halogens is 1. The third kappa shape index (κ3) is 2.54. The minimum Gasteiger partial charge on any atom is -0.488 e. The third-order valence-corrected chi connectivity index (χ3v) is 3.84. The van der Waals surface area contributed by atoms with Gasteiger partial charge in [0.15, 0.2) is 0 Å². The molecule has 0 aromatic heterocycles. The number of hydrogen-bond donors (Lipinski definition) is 1. The average molecular weight is 288 g/mol. The standard InChI is InChI=1S/C17H18ClNO/c1-11-6-13-9-15(10-19-2)20-17(13)16(7-11)12-4-3-5-14(18)8-12/h3-8,15,19H,9-10H2,1-2H3/t15-/m0/s1. The minimum atomic E-state index is 0.217. The average Bonchev–Trinajstić information content (AvgIpc) is 2.80. The Morgan fingerprint density at radius 3 is 2.90 bits per heavy atom. The van der Waals surface area contributed by atoms with Crippen LogP contribution < -0.4 is 10.1 Å². The Kier molecular flexibility index (Phi) is 3.68. The first-order valence-electron chi connectivity index (χ1n) is 6.88. The van der Waals surface area contributed by atoms with E-state index in [-0.39, 0.29) is 6.10 Å². The molecule has 2 nitrogen and oxygen atoms in total. The Morgan fingerprint density at radius 2 is 2.15 bits per heavy atom. The van der Waals surface area contributed by atoms with Crippen LogP contribution >= 0.6 is 11.6 Å². The van der Waals surface area contributed by atoms with Gasteiger partial charge in [-0.15, -0.1) is 0 Å². The van der Waals surface area contributed by atoms with Crippen molar-refractivity contribution in [2.24, 2.45) is 0 Å². The molecule has 0 unspecified atom stereocenters. The predicted molar refractivity (Wildman–Crippen MR) is 83.7 cm³/mol. The van der Waals surface area contributed by atoms with Crippen molar-refractivity contribution in [3.05, 3.63) is 52.5 Å². The number of rotatable bonds is 3. The first-order valence-corrected chi connectivity index (χ1v) is 7.26. The highest BCUT2D eigenvalue weighted by Gasteiger charge is 2.25. The molecule has 0 spiro atoms. The van der Waals surface area contributed by atoms with Gasteiger partial charge in [0.1, 0.15) is 11.9 Å². The Balaban J connectivity index is 2.05. The molecular formula is C17H18ClNO. The van der Waals surface area contributed by atoms with Gasteiger partial charge in [0, 0.05) is 23.6 Å². The van der Waals surface area contributed by atoms with Gasteiger partial charge in [-0.25, -0.2) is 0 Å². The topological polar surface area (TPSA) is 21.3 Å². The van der Waals surface area contributed by atoms with E-state index in [4.69, 9.17) is 16.3 Å². The summed E-state index contributed by atoms with van der Waals surface area (Å²) in [7, 11) is 1.95. The van der Waals surface area contributed by atoms with Gasteiger partial charge in [0.05, 0.1) is 0 Å². The first kappa shape index (κ1) is 13.5. The molecule has 104 valence electrons. The molecule has 1 heterocycles. The van der Waals surface area contributed by atoms with E-state index in [9.17, 15) is 0 Å². The fraction of sp³-hybridized carbons (Fsp3) is 0.294. The van der Waals surface area contributed by atoms with E-state index in [1.54, 1.807) is 0 Å². The van der Waals surface area contributed by atoms with Crippen molar-refractivity contribution in [1.29, 1.82) is 0 Å². The van der Waals surface area contributed by atoms with Gasteiger partial charge in [-0.2, -0.15) is 0 Å². The Bertz CT molecular complexity index is 639. The molecule has 0 amide bonds. The molecule has 3 heteroatoms. The van der Waals surface area contributed by atoms with Crippen LogP contribution in [0, 0.1) is 6.92 Å². The van der Waals surface area contributed by atoms with Gasteiger partial charge < -0.3 is 10.1 Å². The molecule has 1 N–H and O–H groups in total. The van der Waals surface area contributed by atoms with E-state index >= 15 is 0 Å². The van der Waals surface area contributed by atoms with Crippen LogP contribution in [0.25, 0.3) is 11.1 Å². The minimum absolute atomic E-state index is 0.217. The molecule has 0 fully saturated rings. The second kappa shape index (κ2) is 5.47. The third-order valence-electron chi connectivity index (χ3n) is 3.61. The highest BCUT2D eigenvalue weighted by Crippen LogP contribution is 2.40. The molecule has 0 bridgehead atoms. The zero-order valence-corrected chi connectivity index (χ0v) is 12.5. The van der Waals surface area contributed by atoms with E-state index in [0.717, 1.165) is 34.9 Å². The van der Waals surface area contributed by atoms with Crippen LogP contribution in [0.5, 0.6) is 5.75 Å². The van der Waals surface area contributed by atoms with Crippen LogP contribution in [-0.4, -0.2) is 19.7 Å². The summed E-state index contributed by atoms with van der Waals surface area (Å²) >= 11 is 6.11. The van der Waals surface area contributed by atoms with Crippen LogP contribution in [0.2, 0.25) is 5.02 Å². The molecule has 20 heavy (non-hydrogen) atoms. The van der Waals surface area contributed by atoms with Crippen molar-refractivity contribution >= 4 is 11.6 Å². The molecule has 1 aliphatic rings. The first-order chi connectivity index (χ1) is 9.67. The van der Waals surface area contributed by atoms with Crippen molar-refractivity contribution in [2.75, 3.05) is 13.6 Å². The van der Waals surface area contributed by atoms with Gasteiger partial charge in [-0.1, -0.05) is 29.8 Å². The second-order valence-electron chi connectivity index (χ2n) is 5.31. The Hall–Kier alpha value is -1.51. The molecule has 1 atom stereocenters. The lowest BCUT2D eigenvalue weighted by Crippen LogP contribution is -2.27. The second-order valence-corrected chi connectivity index (χ2v) is 5.75. The number of ether oxygens (including phenoxy) is 1. The fourth-order valence-corrected chi connectivity index (χ4v) is 2.99. The summed E-state index contributed by atoms with van der Waals surface area (Å²) in [6.45, 7) is 2.99. The van der Waals surface area contributed by atoms with E-state index in [0.29, 0.717) is 0 Å². The van der Waals surface area contributed by atoms with Gasteiger partial charge in [0.25, 0.3) is 0 Å². The van der Waals surface area contributed by atoms with Crippen LogP contribution in [-0.2, 0) is 6.42 Å². The predicted octanol–water partition coefficient (Wildman–Crippen LogP) is 3.84. The number of likely N-dealkylation sites (N-methyl/N-ethyl adjacent to an activating group) is 1. The van der Waals surface area contributed by atoms with Gasteiger partial charge in [-0.3, -0.25) is 0 Å². The summed E-state index contributed by atoms with van der Waals surface area (Å²) in [5.41, 5.74) is 4.80. The van der Waals surface area contributed by atoms with Gasteiger partial charge in [-0.05, 0) is 48.9 Å².